The fraction of sp³-hybridized carbons (Fsp3) is 0.222. The molecule has 2 aromatic rings. The molecule has 1 N–H and O–H groups in total. The summed E-state index contributed by atoms with van der Waals surface area (Å²) in [5.74, 6) is -2.68. The maximum atomic E-state index is 13.7. The zero-order chi connectivity index (χ0) is 17.3. The summed E-state index contributed by atoms with van der Waals surface area (Å²) >= 11 is 0. The highest BCUT2D eigenvalue weighted by Gasteiger charge is 2.24. The van der Waals surface area contributed by atoms with Gasteiger partial charge in [-0.1, -0.05) is 12.1 Å². The molecular formula is C18H16F2N2O2. The maximum absolute atomic E-state index is 13.7. The van der Waals surface area contributed by atoms with Crippen molar-refractivity contribution in [3.05, 3.63) is 59.2 Å². The zero-order valence-corrected chi connectivity index (χ0v) is 13.1. The van der Waals surface area contributed by atoms with Crippen LogP contribution < -0.4 is 10.2 Å². The van der Waals surface area contributed by atoms with Gasteiger partial charge in [0.15, 0.2) is 0 Å². The number of anilines is 2. The molecule has 2 amide bonds. The summed E-state index contributed by atoms with van der Waals surface area (Å²) < 4.78 is 27.4. The fourth-order valence-corrected chi connectivity index (χ4v) is 2.79. The van der Waals surface area contributed by atoms with Crippen LogP contribution in [-0.4, -0.2) is 18.4 Å². The van der Waals surface area contributed by atoms with Gasteiger partial charge in [0.25, 0.3) is 5.91 Å². The number of nitrogens with one attached hydrogen (secondary N) is 1. The molecule has 0 atom stereocenters. The van der Waals surface area contributed by atoms with E-state index < -0.39 is 23.1 Å². The number of hydrogen-bond donors (Lipinski definition) is 1. The largest absolute Gasteiger partial charge is 0.322 e. The van der Waals surface area contributed by atoms with E-state index in [2.05, 4.69) is 5.32 Å². The predicted octanol–water partition coefficient (Wildman–Crippen LogP) is 3.65. The Kier molecular flexibility index (Phi) is 4.29. The van der Waals surface area contributed by atoms with Gasteiger partial charge >= 0.3 is 0 Å². The molecule has 4 nitrogen and oxygen atoms in total. The van der Waals surface area contributed by atoms with Crippen molar-refractivity contribution < 1.29 is 18.4 Å². The lowest BCUT2D eigenvalue weighted by Crippen LogP contribution is -2.25. The monoisotopic (exact) mass is 330 g/mol. The molecule has 2 aromatic carbocycles. The fourth-order valence-electron chi connectivity index (χ4n) is 2.79. The number of benzene rings is 2. The van der Waals surface area contributed by atoms with Crippen molar-refractivity contribution in [1.82, 2.24) is 0 Å². The molecule has 124 valence electrons. The van der Waals surface area contributed by atoms with Gasteiger partial charge in [-0.05, 0) is 43.2 Å². The third-order valence-electron chi connectivity index (χ3n) is 4.02. The Hall–Kier alpha value is -2.76. The smallest absolute Gasteiger partial charge is 0.261 e. The number of nitrogens with zero attached hydrogens (tertiary/aromatic N) is 1. The first kappa shape index (κ1) is 16.1. The van der Waals surface area contributed by atoms with Crippen LogP contribution in [0.25, 0.3) is 0 Å². The topological polar surface area (TPSA) is 49.4 Å². The van der Waals surface area contributed by atoms with E-state index in [1.807, 2.05) is 6.92 Å². The van der Waals surface area contributed by atoms with Gasteiger partial charge in [-0.15, -0.1) is 0 Å². The number of rotatable bonds is 3. The van der Waals surface area contributed by atoms with Crippen LogP contribution >= 0.6 is 0 Å². The standard InChI is InChI=1S/C18H16F2N2O2/c1-11-7-8-12(10-15(11)22-9-3-6-16(22)23)21-18(24)17-13(19)4-2-5-14(17)20/h2,4-5,7-8,10H,3,6,9H2,1H3,(H,21,24). The van der Waals surface area contributed by atoms with Crippen molar-refractivity contribution in [2.45, 2.75) is 19.8 Å². The Balaban J connectivity index is 1.88. The Bertz CT molecular complexity index is 800. The molecule has 1 fully saturated rings. The van der Waals surface area contributed by atoms with Gasteiger partial charge < -0.3 is 10.2 Å². The predicted molar refractivity (Wildman–Crippen MR) is 87.1 cm³/mol. The average molecular weight is 330 g/mol. The van der Waals surface area contributed by atoms with Gasteiger partial charge in [-0.2, -0.15) is 0 Å². The summed E-state index contributed by atoms with van der Waals surface area (Å²) in [6.45, 7) is 2.49. The van der Waals surface area contributed by atoms with Gasteiger partial charge in [0, 0.05) is 24.3 Å². The lowest BCUT2D eigenvalue weighted by atomic mass is 10.1. The molecule has 0 unspecified atom stereocenters. The first-order valence-corrected chi connectivity index (χ1v) is 7.64. The van der Waals surface area contributed by atoms with E-state index in [0.717, 1.165) is 24.1 Å². The van der Waals surface area contributed by atoms with E-state index in [1.165, 1.54) is 6.07 Å². The molecule has 0 spiro atoms. The second kappa shape index (κ2) is 6.39. The molecule has 24 heavy (non-hydrogen) atoms. The molecule has 3 rings (SSSR count). The van der Waals surface area contributed by atoms with Crippen molar-refractivity contribution in [1.29, 1.82) is 0 Å². The number of carbonyl (C=O) groups excluding carboxylic acids is 2. The number of hydrogen-bond acceptors (Lipinski definition) is 2. The lowest BCUT2D eigenvalue weighted by Gasteiger charge is -2.19. The third-order valence-corrected chi connectivity index (χ3v) is 4.02. The van der Waals surface area contributed by atoms with Crippen molar-refractivity contribution in [2.24, 2.45) is 0 Å². The van der Waals surface area contributed by atoms with Crippen LogP contribution in [0.1, 0.15) is 28.8 Å². The summed E-state index contributed by atoms with van der Waals surface area (Å²) in [6.07, 6.45) is 1.28. The molecule has 1 aliphatic rings. The Morgan fingerprint density at radius 3 is 2.50 bits per heavy atom. The first-order chi connectivity index (χ1) is 11.5. The summed E-state index contributed by atoms with van der Waals surface area (Å²) in [6, 6.07) is 8.30. The van der Waals surface area contributed by atoms with E-state index >= 15 is 0 Å². The van der Waals surface area contributed by atoms with Crippen LogP contribution in [0.5, 0.6) is 0 Å². The molecule has 1 heterocycles. The van der Waals surface area contributed by atoms with Crippen molar-refractivity contribution in [3.63, 3.8) is 0 Å². The van der Waals surface area contributed by atoms with E-state index in [0.29, 0.717) is 24.3 Å². The maximum Gasteiger partial charge on any atom is 0.261 e. The van der Waals surface area contributed by atoms with Gasteiger partial charge in [0.05, 0.1) is 0 Å². The van der Waals surface area contributed by atoms with Crippen LogP contribution in [0.15, 0.2) is 36.4 Å². The van der Waals surface area contributed by atoms with Crippen LogP contribution in [0, 0.1) is 18.6 Å². The Labute approximate surface area is 138 Å². The summed E-state index contributed by atoms with van der Waals surface area (Å²) in [5.41, 5.74) is 1.34. The molecule has 0 bridgehead atoms. The minimum Gasteiger partial charge on any atom is -0.322 e. The molecule has 0 aromatic heterocycles. The molecule has 1 aliphatic heterocycles. The van der Waals surface area contributed by atoms with Crippen molar-refractivity contribution in [2.75, 3.05) is 16.8 Å². The lowest BCUT2D eigenvalue weighted by molar-refractivity contribution is -0.117. The number of halogens is 2. The van der Waals surface area contributed by atoms with E-state index in [4.69, 9.17) is 0 Å². The molecule has 0 saturated carbocycles. The Morgan fingerprint density at radius 1 is 1.17 bits per heavy atom. The SMILES string of the molecule is Cc1ccc(NC(=O)c2c(F)cccc2F)cc1N1CCCC1=O. The van der Waals surface area contributed by atoms with Gasteiger partial charge in [0.2, 0.25) is 5.91 Å². The highest BCUT2D eigenvalue weighted by molar-refractivity contribution is 6.05. The number of carbonyl (C=O) groups is 2. The second-order valence-corrected chi connectivity index (χ2v) is 5.70. The summed E-state index contributed by atoms with van der Waals surface area (Å²) in [4.78, 5) is 25.7. The van der Waals surface area contributed by atoms with Crippen molar-refractivity contribution >= 4 is 23.2 Å². The molecule has 0 radical (unpaired) electrons. The second-order valence-electron chi connectivity index (χ2n) is 5.70. The molecule has 0 aliphatic carbocycles. The highest BCUT2D eigenvalue weighted by atomic mass is 19.1. The van der Waals surface area contributed by atoms with Gasteiger partial charge in [-0.25, -0.2) is 8.78 Å². The Morgan fingerprint density at radius 2 is 1.88 bits per heavy atom. The number of amides is 2. The normalized spacial score (nSPS) is 14.1. The minimum absolute atomic E-state index is 0.0294. The minimum atomic E-state index is -0.922. The van der Waals surface area contributed by atoms with Crippen LogP contribution in [0.3, 0.4) is 0 Å². The van der Waals surface area contributed by atoms with Crippen molar-refractivity contribution in [3.8, 4) is 0 Å². The highest BCUT2D eigenvalue weighted by Crippen LogP contribution is 2.28. The van der Waals surface area contributed by atoms with E-state index in [9.17, 15) is 18.4 Å². The van der Waals surface area contributed by atoms with Gasteiger partial charge in [0.1, 0.15) is 17.2 Å². The first-order valence-electron chi connectivity index (χ1n) is 7.64. The summed E-state index contributed by atoms with van der Waals surface area (Å²) in [5, 5.41) is 2.49. The molecular weight excluding hydrogens is 314 g/mol. The van der Waals surface area contributed by atoms with Crippen LogP contribution in [-0.2, 0) is 4.79 Å². The number of aryl methyl sites for hydroxylation is 1. The van der Waals surface area contributed by atoms with Crippen LogP contribution in [0.4, 0.5) is 20.2 Å². The quantitative estimate of drug-likeness (QED) is 0.934. The summed E-state index contributed by atoms with van der Waals surface area (Å²) in [7, 11) is 0. The van der Waals surface area contributed by atoms with Crippen LogP contribution in [0.2, 0.25) is 0 Å². The van der Waals surface area contributed by atoms with E-state index in [-0.39, 0.29) is 5.91 Å². The zero-order valence-electron chi connectivity index (χ0n) is 13.1. The third kappa shape index (κ3) is 2.99. The molecule has 6 heteroatoms. The molecule has 1 saturated heterocycles. The average Bonchev–Trinajstić information content (AvgIpc) is 2.95. The van der Waals surface area contributed by atoms with E-state index in [1.54, 1.807) is 23.1 Å². The van der Waals surface area contributed by atoms with Gasteiger partial charge in [-0.3, -0.25) is 9.59 Å².